The van der Waals surface area contributed by atoms with E-state index in [-0.39, 0.29) is 12.3 Å². The standard InChI is InChI=1S/C13H17N3O6/c1-5-21-11(19)8-6-7(14-15-8)10(18)16(9(6)17)12(20)22-13(2,3)4/h6-7,14H,5H2,1-4H3/t6-,7+/m0/s1. The van der Waals surface area contributed by atoms with E-state index in [1.165, 1.54) is 0 Å². The van der Waals surface area contributed by atoms with E-state index in [0.717, 1.165) is 0 Å². The summed E-state index contributed by atoms with van der Waals surface area (Å²) in [6, 6.07) is -1.08. The molecule has 120 valence electrons. The lowest BCUT2D eigenvalue weighted by molar-refractivity contribution is -0.140. The third kappa shape index (κ3) is 2.66. The number of carbonyl (C=O) groups excluding carboxylic acids is 4. The molecule has 2 heterocycles. The first-order valence-electron chi connectivity index (χ1n) is 6.78. The Labute approximate surface area is 126 Å². The summed E-state index contributed by atoms with van der Waals surface area (Å²) in [4.78, 5) is 48.6. The Bertz CT molecular complexity index is 577. The Morgan fingerprint density at radius 1 is 1.27 bits per heavy atom. The van der Waals surface area contributed by atoms with Crippen LogP contribution in [0, 0.1) is 5.92 Å². The predicted octanol–water partition coefficient (Wildman–Crippen LogP) is -0.203. The maximum atomic E-state index is 12.3. The maximum absolute atomic E-state index is 12.3. The van der Waals surface area contributed by atoms with Crippen molar-refractivity contribution in [2.75, 3.05) is 6.61 Å². The monoisotopic (exact) mass is 311 g/mol. The second-order valence-corrected chi connectivity index (χ2v) is 5.79. The van der Waals surface area contributed by atoms with Crippen molar-refractivity contribution in [3.63, 3.8) is 0 Å². The molecule has 0 aromatic heterocycles. The highest BCUT2D eigenvalue weighted by atomic mass is 16.6. The molecule has 0 unspecified atom stereocenters. The third-order valence-electron chi connectivity index (χ3n) is 2.99. The van der Waals surface area contributed by atoms with Crippen molar-refractivity contribution in [2.45, 2.75) is 39.3 Å². The van der Waals surface area contributed by atoms with E-state index in [0.29, 0.717) is 4.90 Å². The van der Waals surface area contributed by atoms with Crippen LogP contribution in [0.2, 0.25) is 0 Å². The minimum absolute atomic E-state index is 0.104. The fraction of sp³-hybridized carbons (Fsp3) is 0.615. The van der Waals surface area contributed by atoms with Gasteiger partial charge in [-0.1, -0.05) is 0 Å². The fourth-order valence-electron chi connectivity index (χ4n) is 2.15. The number of likely N-dealkylation sites (tertiary alicyclic amines) is 1. The number of esters is 1. The van der Waals surface area contributed by atoms with Crippen molar-refractivity contribution in [3.05, 3.63) is 0 Å². The average Bonchev–Trinajstić information content (AvgIpc) is 2.89. The predicted molar refractivity (Wildman–Crippen MR) is 72.6 cm³/mol. The lowest BCUT2D eigenvalue weighted by Crippen LogP contribution is -2.43. The van der Waals surface area contributed by atoms with Gasteiger partial charge in [0.15, 0.2) is 5.71 Å². The number of hydrogen-bond acceptors (Lipinski definition) is 8. The molecule has 2 atom stereocenters. The van der Waals surface area contributed by atoms with Gasteiger partial charge in [0.25, 0.3) is 11.8 Å². The molecule has 0 aromatic rings. The lowest BCUT2D eigenvalue weighted by atomic mass is 9.99. The Morgan fingerprint density at radius 2 is 1.91 bits per heavy atom. The highest BCUT2D eigenvalue weighted by Crippen LogP contribution is 2.27. The molecule has 0 aliphatic carbocycles. The first-order valence-corrected chi connectivity index (χ1v) is 6.78. The lowest BCUT2D eigenvalue weighted by Gasteiger charge is -2.22. The SMILES string of the molecule is CCOC(=O)C1=NN[C@H]2C(=O)N(C(=O)OC(C)(C)C)C(=O)[C@H]12. The molecule has 0 aromatic carbocycles. The highest BCUT2D eigenvalue weighted by Gasteiger charge is 2.58. The molecule has 1 saturated heterocycles. The van der Waals surface area contributed by atoms with Gasteiger partial charge in [0.05, 0.1) is 6.61 Å². The quantitative estimate of drug-likeness (QED) is 0.554. The fourth-order valence-corrected chi connectivity index (χ4v) is 2.15. The summed E-state index contributed by atoms with van der Waals surface area (Å²) in [5, 5.41) is 3.68. The minimum atomic E-state index is -1.17. The Hall–Kier alpha value is -2.45. The van der Waals surface area contributed by atoms with Gasteiger partial charge >= 0.3 is 12.1 Å². The molecule has 0 saturated carbocycles. The van der Waals surface area contributed by atoms with Gasteiger partial charge in [-0.2, -0.15) is 10.0 Å². The molecule has 0 spiro atoms. The van der Waals surface area contributed by atoms with Crippen LogP contribution in [0.15, 0.2) is 5.10 Å². The molecule has 2 aliphatic heterocycles. The molecule has 1 N–H and O–H groups in total. The number of imide groups is 3. The van der Waals surface area contributed by atoms with Crippen LogP contribution < -0.4 is 5.43 Å². The zero-order valence-electron chi connectivity index (χ0n) is 12.7. The average molecular weight is 311 g/mol. The first-order chi connectivity index (χ1) is 10.2. The van der Waals surface area contributed by atoms with E-state index < -0.39 is 41.4 Å². The van der Waals surface area contributed by atoms with Gasteiger partial charge in [-0.15, -0.1) is 0 Å². The van der Waals surface area contributed by atoms with E-state index in [1.807, 2.05) is 0 Å². The summed E-state index contributed by atoms with van der Waals surface area (Å²) >= 11 is 0. The Kier molecular flexibility index (Phi) is 3.90. The van der Waals surface area contributed by atoms with Crippen LogP contribution in [0.1, 0.15) is 27.7 Å². The molecule has 2 rings (SSSR count). The number of hydrazone groups is 1. The summed E-state index contributed by atoms with van der Waals surface area (Å²) in [6.45, 7) is 6.54. The van der Waals surface area contributed by atoms with E-state index in [4.69, 9.17) is 9.47 Å². The Balaban J connectivity index is 2.21. The molecule has 2 aliphatic rings. The van der Waals surface area contributed by atoms with Gasteiger partial charge in [0.1, 0.15) is 17.6 Å². The van der Waals surface area contributed by atoms with Gasteiger partial charge in [0, 0.05) is 0 Å². The second-order valence-electron chi connectivity index (χ2n) is 5.79. The number of rotatable bonds is 2. The number of nitrogens with one attached hydrogen (secondary N) is 1. The van der Waals surface area contributed by atoms with Gasteiger partial charge < -0.3 is 9.47 Å². The van der Waals surface area contributed by atoms with Crippen molar-refractivity contribution < 1.29 is 28.7 Å². The number of carbonyl (C=O) groups is 4. The van der Waals surface area contributed by atoms with Gasteiger partial charge in [-0.05, 0) is 27.7 Å². The van der Waals surface area contributed by atoms with Crippen molar-refractivity contribution in [1.82, 2.24) is 10.3 Å². The largest absolute Gasteiger partial charge is 0.461 e. The topological polar surface area (TPSA) is 114 Å². The van der Waals surface area contributed by atoms with E-state index in [2.05, 4.69) is 10.5 Å². The van der Waals surface area contributed by atoms with Crippen LogP contribution in [-0.4, -0.2) is 52.7 Å². The summed E-state index contributed by atoms with van der Waals surface area (Å²) in [5.74, 6) is -3.61. The third-order valence-corrected chi connectivity index (χ3v) is 2.99. The van der Waals surface area contributed by atoms with Crippen molar-refractivity contribution in [2.24, 2.45) is 11.0 Å². The van der Waals surface area contributed by atoms with Crippen LogP contribution in [-0.2, 0) is 23.9 Å². The molecular weight excluding hydrogens is 294 g/mol. The van der Waals surface area contributed by atoms with E-state index >= 15 is 0 Å². The zero-order chi connectivity index (χ0) is 16.7. The number of fused-ring (bicyclic) bond motifs is 1. The molecule has 0 bridgehead atoms. The molecule has 0 radical (unpaired) electrons. The Morgan fingerprint density at radius 3 is 2.45 bits per heavy atom. The van der Waals surface area contributed by atoms with Crippen LogP contribution in [0.25, 0.3) is 0 Å². The van der Waals surface area contributed by atoms with Crippen LogP contribution in [0.5, 0.6) is 0 Å². The van der Waals surface area contributed by atoms with Gasteiger partial charge in [-0.25, -0.2) is 9.59 Å². The number of nitrogens with zero attached hydrogens (tertiary/aromatic N) is 2. The number of ether oxygens (including phenoxy) is 2. The minimum Gasteiger partial charge on any atom is -0.461 e. The van der Waals surface area contributed by atoms with Crippen LogP contribution in [0.3, 0.4) is 0 Å². The number of amides is 3. The summed E-state index contributed by atoms with van der Waals surface area (Å²) in [7, 11) is 0. The maximum Gasteiger partial charge on any atom is 0.424 e. The van der Waals surface area contributed by atoms with Crippen molar-refractivity contribution in [1.29, 1.82) is 0 Å². The van der Waals surface area contributed by atoms with Gasteiger partial charge in [0.2, 0.25) is 0 Å². The van der Waals surface area contributed by atoms with Crippen LogP contribution in [0.4, 0.5) is 4.79 Å². The first kappa shape index (κ1) is 15.9. The molecule has 3 amide bonds. The highest BCUT2D eigenvalue weighted by molar-refractivity contribution is 6.44. The summed E-state index contributed by atoms with van der Waals surface area (Å²) in [5.41, 5.74) is 1.33. The molecule has 9 heteroatoms. The summed E-state index contributed by atoms with van der Waals surface area (Å²) in [6.07, 6.45) is -1.07. The van der Waals surface area contributed by atoms with E-state index in [9.17, 15) is 19.2 Å². The summed E-state index contributed by atoms with van der Waals surface area (Å²) < 4.78 is 9.82. The van der Waals surface area contributed by atoms with Crippen molar-refractivity contribution in [3.8, 4) is 0 Å². The van der Waals surface area contributed by atoms with E-state index in [1.54, 1.807) is 27.7 Å². The number of hydrogen-bond donors (Lipinski definition) is 1. The molecule has 9 nitrogen and oxygen atoms in total. The smallest absolute Gasteiger partial charge is 0.424 e. The molecule has 22 heavy (non-hydrogen) atoms. The second kappa shape index (κ2) is 5.39. The van der Waals surface area contributed by atoms with Crippen LogP contribution >= 0.6 is 0 Å². The normalized spacial score (nSPS) is 23.8. The zero-order valence-corrected chi connectivity index (χ0v) is 12.7. The van der Waals surface area contributed by atoms with Gasteiger partial charge in [-0.3, -0.25) is 15.0 Å². The molecular formula is C13H17N3O6. The molecule has 1 fully saturated rings. The van der Waals surface area contributed by atoms with Crippen molar-refractivity contribution >= 4 is 29.6 Å².